The van der Waals surface area contributed by atoms with Crippen molar-refractivity contribution in [2.24, 2.45) is 0 Å². The first-order valence-corrected chi connectivity index (χ1v) is 13.2. The van der Waals surface area contributed by atoms with Gasteiger partial charge in [0, 0.05) is 58.9 Å². The van der Waals surface area contributed by atoms with E-state index in [1.807, 2.05) is 4.90 Å². The van der Waals surface area contributed by atoms with Gasteiger partial charge in [0.25, 0.3) is 0 Å². The van der Waals surface area contributed by atoms with Crippen LogP contribution in [0.25, 0.3) is 0 Å². The summed E-state index contributed by atoms with van der Waals surface area (Å²) < 4.78 is 23.6. The molecule has 1 heterocycles. The van der Waals surface area contributed by atoms with Crippen LogP contribution in [0.4, 0.5) is 0 Å². The molecule has 1 aliphatic rings. The number of aliphatic carboxylic acids is 3. The van der Waals surface area contributed by atoms with Crippen molar-refractivity contribution in [2.75, 3.05) is 97.9 Å². The lowest BCUT2D eigenvalue weighted by atomic mass is 10.3. The number of hydrogen-bond acceptors (Lipinski definition) is 10. The molecule has 0 spiro atoms. The summed E-state index contributed by atoms with van der Waals surface area (Å²) in [4.78, 5) is 41.1. The lowest BCUT2D eigenvalue weighted by Crippen LogP contribution is -2.48. The molecule has 0 aliphatic carbocycles. The molecule has 1 fully saturated rings. The third-order valence-electron chi connectivity index (χ3n) is 5.35. The quantitative estimate of drug-likeness (QED) is 0.278. The van der Waals surface area contributed by atoms with E-state index < -0.39 is 25.5 Å². The van der Waals surface area contributed by atoms with Gasteiger partial charge in [0.1, 0.15) is 0 Å². The van der Waals surface area contributed by atoms with Crippen LogP contribution in [-0.2, 0) is 28.0 Å². The highest BCUT2D eigenvalue weighted by atomic mass is 31.2. The third kappa shape index (κ3) is 13.3. The van der Waals surface area contributed by atoms with E-state index in [1.165, 1.54) is 0 Å². The number of carboxylic acid groups (broad SMARTS) is 3. The molecule has 34 heavy (non-hydrogen) atoms. The minimum absolute atomic E-state index is 0.166. The van der Waals surface area contributed by atoms with Crippen LogP contribution in [0.3, 0.4) is 0 Å². The molecule has 13 nitrogen and oxygen atoms in total. The molecule has 3 N–H and O–H groups in total. The number of nitrogens with zero attached hydrogens (tertiary/aromatic N) is 4. The van der Waals surface area contributed by atoms with E-state index in [0.29, 0.717) is 58.9 Å². The van der Waals surface area contributed by atoms with Gasteiger partial charge >= 0.3 is 25.5 Å². The van der Waals surface area contributed by atoms with E-state index >= 15 is 0 Å². The smallest absolute Gasteiger partial charge is 0.331 e. The maximum atomic E-state index is 12.9. The Labute approximate surface area is 200 Å². The summed E-state index contributed by atoms with van der Waals surface area (Å²) in [6.07, 6.45) is 0.166. The Bertz CT molecular complexity index is 655. The molecule has 14 heteroatoms. The summed E-state index contributed by atoms with van der Waals surface area (Å²) in [6.45, 7) is 6.89. The molecular formula is C20H39N4O9P. The fourth-order valence-electron chi connectivity index (χ4n) is 3.67. The maximum Gasteiger partial charge on any atom is 0.331 e. The first-order valence-electron chi connectivity index (χ1n) is 11.5. The fourth-order valence-corrected chi connectivity index (χ4v) is 5.32. The van der Waals surface area contributed by atoms with Crippen molar-refractivity contribution in [1.82, 2.24) is 19.6 Å². The molecule has 0 amide bonds. The van der Waals surface area contributed by atoms with Crippen LogP contribution in [-0.4, -0.2) is 151 Å². The molecule has 1 saturated heterocycles. The monoisotopic (exact) mass is 510 g/mol. The summed E-state index contributed by atoms with van der Waals surface area (Å²) in [5, 5.41) is 27.8. The summed E-state index contributed by atoms with van der Waals surface area (Å²) in [5.41, 5.74) is 0. The highest BCUT2D eigenvalue weighted by Gasteiger charge is 2.26. The average molecular weight is 511 g/mol. The van der Waals surface area contributed by atoms with Gasteiger partial charge in [-0.1, -0.05) is 0 Å². The lowest BCUT2D eigenvalue weighted by Gasteiger charge is -2.33. The molecule has 1 aliphatic heterocycles. The average Bonchev–Trinajstić information content (AvgIpc) is 2.72. The van der Waals surface area contributed by atoms with Gasteiger partial charge in [0.2, 0.25) is 0 Å². The number of carboxylic acids is 3. The van der Waals surface area contributed by atoms with Gasteiger partial charge in [-0.15, -0.1) is 0 Å². The summed E-state index contributed by atoms with van der Waals surface area (Å²) in [6, 6.07) is 0. The molecule has 0 saturated carbocycles. The minimum atomic E-state index is -3.26. The van der Waals surface area contributed by atoms with Gasteiger partial charge in [-0.2, -0.15) is 0 Å². The Morgan fingerprint density at radius 3 is 1.21 bits per heavy atom. The molecule has 0 aromatic heterocycles. The SMILES string of the molecule is CCOP(=O)(CCN1CCN(CC(=O)O)CCN(CC(=O)O)CCN(CC(=O)O)CC1)OCC. The van der Waals surface area contributed by atoms with Crippen molar-refractivity contribution in [3.05, 3.63) is 0 Å². The molecule has 0 aromatic rings. The van der Waals surface area contributed by atoms with Gasteiger partial charge < -0.3 is 29.3 Å². The van der Waals surface area contributed by atoms with Crippen LogP contribution >= 0.6 is 7.60 Å². The Hall–Kier alpha value is -1.60. The highest BCUT2D eigenvalue weighted by Crippen LogP contribution is 2.47. The van der Waals surface area contributed by atoms with Crippen molar-refractivity contribution in [3.63, 3.8) is 0 Å². The van der Waals surface area contributed by atoms with E-state index in [9.17, 15) is 34.3 Å². The Balaban J connectivity index is 2.98. The van der Waals surface area contributed by atoms with Crippen molar-refractivity contribution in [2.45, 2.75) is 13.8 Å². The van der Waals surface area contributed by atoms with E-state index in [-0.39, 0.29) is 39.0 Å². The zero-order valence-electron chi connectivity index (χ0n) is 20.1. The number of rotatable bonds is 13. The second kappa shape index (κ2) is 16.1. The minimum Gasteiger partial charge on any atom is -0.480 e. The first kappa shape index (κ1) is 30.4. The number of carbonyl (C=O) groups is 3. The molecule has 0 atom stereocenters. The van der Waals surface area contributed by atoms with Gasteiger partial charge in [-0.05, 0) is 13.8 Å². The number of hydrogen-bond donors (Lipinski definition) is 3. The third-order valence-corrected chi connectivity index (χ3v) is 7.40. The summed E-state index contributed by atoms with van der Waals surface area (Å²) >= 11 is 0. The zero-order valence-corrected chi connectivity index (χ0v) is 21.0. The standard InChI is InChI=1S/C20H39N4O9P/c1-3-32-34(31,33-4-2)14-13-21-5-7-22(15-18(25)26)9-11-24(17-20(29)30)12-10-23(8-6-21)16-19(27)28/h3-17H2,1-2H3,(H,25,26)(H,27,28)(H,29,30). The molecule has 1 rings (SSSR count). The molecule has 0 unspecified atom stereocenters. The van der Waals surface area contributed by atoms with Crippen molar-refractivity contribution in [1.29, 1.82) is 0 Å². The zero-order chi connectivity index (χ0) is 25.6. The largest absolute Gasteiger partial charge is 0.480 e. The van der Waals surface area contributed by atoms with Crippen molar-refractivity contribution < 1.29 is 43.3 Å². The predicted octanol–water partition coefficient (Wildman–Crippen LogP) is -0.272. The topological polar surface area (TPSA) is 160 Å². The normalized spacial score (nSPS) is 18.8. The molecule has 0 aromatic carbocycles. The second-order valence-corrected chi connectivity index (χ2v) is 10.2. The Kier molecular flexibility index (Phi) is 14.4. The first-order chi connectivity index (χ1) is 16.1. The van der Waals surface area contributed by atoms with Crippen molar-refractivity contribution in [3.8, 4) is 0 Å². The van der Waals surface area contributed by atoms with Crippen LogP contribution in [0.2, 0.25) is 0 Å². The van der Waals surface area contributed by atoms with Crippen molar-refractivity contribution >= 4 is 25.5 Å². The molecular weight excluding hydrogens is 471 g/mol. The van der Waals surface area contributed by atoms with Crippen LogP contribution in [0.15, 0.2) is 0 Å². The maximum absolute atomic E-state index is 12.9. The van der Waals surface area contributed by atoms with Crippen LogP contribution in [0.1, 0.15) is 13.8 Å². The van der Waals surface area contributed by atoms with Crippen LogP contribution in [0.5, 0.6) is 0 Å². The second-order valence-electron chi connectivity index (χ2n) is 8.02. The van der Waals surface area contributed by atoms with Gasteiger partial charge in [-0.3, -0.25) is 33.6 Å². The molecule has 0 bridgehead atoms. The van der Waals surface area contributed by atoms with Gasteiger partial charge in [0.05, 0.1) is 39.0 Å². The van der Waals surface area contributed by atoms with Crippen LogP contribution < -0.4 is 0 Å². The van der Waals surface area contributed by atoms with Crippen LogP contribution in [0, 0.1) is 0 Å². The fraction of sp³-hybridized carbons (Fsp3) is 0.850. The Morgan fingerprint density at radius 2 is 0.941 bits per heavy atom. The molecule has 198 valence electrons. The highest BCUT2D eigenvalue weighted by molar-refractivity contribution is 7.53. The van der Waals surface area contributed by atoms with Gasteiger partial charge in [0.15, 0.2) is 0 Å². The van der Waals surface area contributed by atoms with E-state index in [0.717, 1.165) is 0 Å². The van der Waals surface area contributed by atoms with Gasteiger partial charge in [-0.25, -0.2) is 0 Å². The van der Waals surface area contributed by atoms with E-state index in [2.05, 4.69) is 0 Å². The predicted molar refractivity (Wildman–Crippen MR) is 124 cm³/mol. The summed E-state index contributed by atoms with van der Waals surface area (Å²) in [7, 11) is -3.26. The Morgan fingerprint density at radius 1 is 0.647 bits per heavy atom. The summed E-state index contributed by atoms with van der Waals surface area (Å²) in [5.74, 6) is -2.96. The lowest BCUT2D eigenvalue weighted by molar-refractivity contribution is -0.140. The van der Waals surface area contributed by atoms with E-state index in [4.69, 9.17) is 9.05 Å². The van der Waals surface area contributed by atoms with E-state index in [1.54, 1.807) is 28.5 Å². The molecule has 0 radical (unpaired) electrons.